The van der Waals surface area contributed by atoms with Crippen molar-refractivity contribution in [1.29, 1.82) is 0 Å². The predicted octanol–water partition coefficient (Wildman–Crippen LogP) is 3.10. The average Bonchev–Trinajstić information content (AvgIpc) is 3.18. The Morgan fingerprint density at radius 3 is 2.31 bits per heavy atom. The lowest BCUT2D eigenvalue weighted by Gasteiger charge is -2.26. The van der Waals surface area contributed by atoms with E-state index in [9.17, 15) is 13.2 Å². The molecule has 1 saturated heterocycles. The number of amides is 1. The van der Waals surface area contributed by atoms with Gasteiger partial charge in [-0.15, -0.1) is 0 Å². The van der Waals surface area contributed by atoms with Gasteiger partial charge in [-0.2, -0.15) is 4.31 Å². The normalized spacial score (nSPS) is 24.5. The van der Waals surface area contributed by atoms with Gasteiger partial charge in [0.05, 0.1) is 4.90 Å². The highest BCUT2D eigenvalue weighted by Crippen LogP contribution is 2.24. The molecule has 1 aromatic carbocycles. The average molecular weight is 379 g/mol. The van der Waals surface area contributed by atoms with E-state index in [2.05, 4.69) is 12.2 Å². The third kappa shape index (κ3) is 4.86. The second kappa shape index (κ2) is 8.53. The number of nitrogens with zero attached hydrogens (tertiary/aromatic N) is 1. The topological polar surface area (TPSA) is 66.5 Å². The highest BCUT2D eigenvalue weighted by Gasteiger charge is 2.27. The summed E-state index contributed by atoms with van der Waals surface area (Å²) >= 11 is 0. The van der Waals surface area contributed by atoms with Crippen molar-refractivity contribution in [2.45, 2.75) is 69.2 Å². The number of hydrogen-bond donors (Lipinski definition) is 1. The Hall–Kier alpha value is -1.40. The number of rotatable bonds is 6. The van der Waals surface area contributed by atoms with Crippen LogP contribution in [0.25, 0.3) is 0 Å². The van der Waals surface area contributed by atoms with Gasteiger partial charge in [0.2, 0.25) is 15.9 Å². The quantitative estimate of drug-likeness (QED) is 0.827. The molecule has 6 heteroatoms. The number of carbonyl (C=O) groups is 1. The Bertz CT molecular complexity index is 701. The van der Waals surface area contributed by atoms with Crippen molar-refractivity contribution in [3.8, 4) is 0 Å². The summed E-state index contributed by atoms with van der Waals surface area (Å²) in [5.41, 5.74) is 0.998. The molecule has 1 N–H and O–H groups in total. The van der Waals surface area contributed by atoms with Gasteiger partial charge in [-0.05, 0) is 68.6 Å². The van der Waals surface area contributed by atoms with Crippen molar-refractivity contribution in [1.82, 2.24) is 9.62 Å². The smallest absolute Gasteiger partial charge is 0.243 e. The molecule has 26 heavy (non-hydrogen) atoms. The first-order valence-corrected chi connectivity index (χ1v) is 11.3. The third-order valence-corrected chi connectivity index (χ3v) is 7.56. The number of sulfonamides is 1. The van der Waals surface area contributed by atoms with Gasteiger partial charge in [0.25, 0.3) is 0 Å². The first kappa shape index (κ1) is 19.4. The zero-order valence-corrected chi connectivity index (χ0v) is 16.4. The van der Waals surface area contributed by atoms with Crippen LogP contribution in [0.3, 0.4) is 0 Å². The van der Waals surface area contributed by atoms with Crippen molar-refractivity contribution >= 4 is 15.9 Å². The second-order valence-electron chi connectivity index (χ2n) is 7.78. The minimum atomic E-state index is -3.36. The summed E-state index contributed by atoms with van der Waals surface area (Å²) in [4.78, 5) is 12.5. The summed E-state index contributed by atoms with van der Waals surface area (Å²) in [6, 6.07) is 7.33. The van der Waals surface area contributed by atoms with Crippen molar-refractivity contribution in [2.24, 2.45) is 5.92 Å². The first-order chi connectivity index (χ1) is 12.4. The maximum Gasteiger partial charge on any atom is 0.243 e. The molecule has 5 nitrogen and oxygen atoms in total. The predicted molar refractivity (Wildman–Crippen MR) is 102 cm³/mol. The van der Waals surface area contributed by atoms with E-state index in [0.29, 0.717) is 36.9 Å². The summed E-state index contributed by atoms with van der Waals surface area (Å²) in [7, 11) is -3.36. The lowest BCUT2D eigenvalue weighted by atomic mass is 9.87. The van der Waals surface area contributed by atoms with E-state index in [-0.39, 0.29) is 5.91 Å². The molecule has 3 rings (SSSR count). The molecule has 0 spiro atoms. The molecule has 1 amide bonds. The maximum absolute atomic E-state index is 12.5. The molecule has 0 atom stereocenters. The molecule has 1 heterocycles. The molecule has 0 bridgehead atoms. The van der Waals surface area contributed by atoms with E-state index < -0.39 is 10.0 Å². The lowest BCUT2D eigenvalue weighted by Crippen LogP contribution is -2.37. The number of carbonyl (C=O) groups excluding carboxylic acids is 1. The summed E-state index contributed by atoms with van der Waals surface area (Å²) in [6.45, 7) is 3.50. The first-order valence-electron chi connectivity index (χ1n) is 9.83. The Balaban J connectivity index is 1.49. The zero-order valence-electron chi connectivity index (χ0n) is 15.6. The number of benzene rings is 1. The summed E-state index contributed by atoms with van der Waals surface area (Å²) in [5.74, 6) is 0.872. The van der Waals surface area contributed by atoms with Crippen LogP contribution in [0.2, 0.25) is 0 Å². The van der Waals surface area contributed by atoms with Gasteiger partial charge < -0.3 is 5.32 Å². The summed E-state index contributed by atoms with van der Waals surface area (Å²) < 4.78 is 26.6. The summed E-state index contributed by atoms with van der Waals surface area (Å²) in [6.07, 6.45) is 7.50. The standard InChI is InChI=1S/C20H30N2O3S/c1-16-4-9-18(10-5-16)21-20(23)13-8-17-6-11-19(12-7-17)26(24,25)22-14-2-3-15-22/h6-7,11-12,16,18H,2-5,8-10,13-15H2,1H3,(H,21,23). The Morgan fingerprint density at radius 2 is 1.69 bits per heavy atom. The van der Waals surface area contributed by atoms with Crippen LogP contribution in [0.1, 0.15) is 57.4 Å². The molecule has 2 fully saturated rings. The molecule has 0 aromatic heterocycles. The minimum Gasteiger partial charge on any atom is -0.353 e. The monoisotopic (exact) mass is 378 g/mol. The van der Waals surface area contributed by atoms with E-state index in [0.717, 1.165) is 37.2 Å². The van der Waals surface area contributed by atoms with Crippen LogP contribution >= 0.6 is 0 Å². The van der Waals surface area contributed by atoms with E-state index in [1.165, 1.54) is 12.8 Å². The zero-order chi connectivity index (χ0) is 18.6. The van der Waals surface area contributed by atoms with Crippen LogP contribution in [0.5, 0.6) is 0 Å². The van der Waals surface area contributed by atoms with Gasteiger partial charge in [-0.1, -0.05) is 19.1 Å². The molecular formula is C20H30N2O3S. The van der Waals surface area contributed by atoms with Gasteiger partial charge in [-0.25, -0.2) is 8.42 Å². The van der Waals surface area contributed by atoms with Crippen LogP contribution in [-0.2, 0) is 21.2 Å². The van der Waals surface area contributed by atoms with E-state index in [1.807, 2.05) is 12.1 Å². The van der Waals surface area contributed by atoms with E-state index in [1.54, 1.807) is 16.4 Å². The Labute approximate surface area is 157 Å². The molecule has 144 valence electrons. The van der Waals surface area contributed by atoms with Crippen LogP contribution in [-0.4, -0.2) is 37.8 Å². The fourth-order valence-electron chi connectivity index (χ4n) is 3.87. The van der Waals surface area contributed by atoms with Gasteiger partial charge in [-0.3, -0.25) is 4.79 Å². The Morgan fingerprint density at radius 1 is 1.08 bits per heavy atom. The van der Waals surface area contributed by atoms with Gasteiger partial charge in [0.1, 0.15) is 0 Å². The Kier molecular flexibility index (Phi) is 6.35. The van der Waals surface area contributed by atoms with Crippen molar-refractivity contribution in [3.63, 3.8) is 0 Å². The molecule has 2 aliphatic rings. The summed E-state index contributed by atoms with van der Waals surface area (Å²) in [5, 5.41) is 3.14. The molecule has 1 aliphatic carbocycles. The van der Waals surface area contributed by atoms with Crippen molar-refractivity contribution < 1.29 is 13.2 Å². The highest BCUT2D eigenvalue weighted by molar-refractivity contribution is 7.89. The number of aryl methyl sites for hydroxylation is 1. The molecule has 0 radical (unpaired) electrons. The SMILES string of the molecule is CC1CCC(NC(=O)CCc2ccc(S(=O)(=O)N3CCCC3)cc2)CC1. The largest absolute Gasteiger partial charge is 0.353 e. The highest BCUT2D eigenvalue weighted by atomic mass is 32.2. The van der Waals surface area contributed by atoms with Crippen LogP contribution < -0.4 is 5.32 Å². The molecule has 1 saturated carbocycles. The fraction of sp³-hybridized carbons (Fsp3) is 0.650. The maximum atomic E-state index is 12.5. The van der Waals surface area contributed by atoms with Crippen molar-refractivity contribution in [3.05, 3.63) is 29.8 Å². The van der Waals surface area contributed by atoms with Crippen LogP contribution in [0.4, 0.5) is 0 Å². The second-order valence-corrected chi connectivity index (χ2v) is 9.72. The van der Waals surface area contributed by atoms with Gasteiger partial charge in [0.15, 0.2) is 0 Å². The number of nitrogens with one attached hydrogen (secondary N) is 1. The van der Waals surface area contributed by atoms with Crippen LogP contribution in [0.15, 0.2) is 29.2 Å². The van der Waals surface area contributed by atoms with Crippen LogP contribution in [0, 0.1) is 5.92 Å². The molecule has 1 aromatic rings. The van der Waals surface area contributed by atoms with E-state index in [4.69, 9.17) is 0 Å². The minimum absolute atomic E-state index is 0.0957. The third-order valence-electron chi connectivity index (χ3n) is 5.65. The number of hydrogen-bond acceptors (Lipinski definition) is 3. The molecule has 1 aliphatic heterocycles. The fourth-order valence-corrected chi connectivity index (χ4v) is 5.38. The van der Waals surface area contributed by atoms with Gasteiger partial charge >= 0.3 is 0 Å². The lowest BCUT2D eigenvalue weighted by molar-refractivity contribution is -0.122. The van der Waals surface area contributed by atoms with E-state index >= 15 is 0 Å². The van der Waals surface area contributed by atoms with Crippen molar-refractivity contribution in [2.75, 3.05) is 13.1 Å². The molecular weight excluding hydrogens is 348 g/mol. The van der Waals surface area contributed by atoms with Gasteiger partial charge in [0, 0.05) is 25.6 Å². The molecule has 0 unspecified atom stereocenters.